The molecule has 0 aliphatic rings. The number of hydrogen-bond acceptors (Lipinski definition) is 2. The van der Waals surface area contributed by atoms with Crippen molar-refractivity contribution in [3.05, 3.63) is 23.8 Å². The summed E-state index contributed by atoms with van der Waals surface area (Å²) in [5.41, 5.74) is -1.89. The first-order chi connectivity index (χ1) is 9.05. The highest BCUT2D eigenvalue weighted by atomic mass is 19.4. The topological polar surface area (TPSA) is 38.3 Å². The lowest BCUT2D eigenvalue weighted by Crippen LogP contribution is -2.30. The van der Waals surface area contributed by atoms with E-state index in [-0.39, 0.29) is 12.4 Å². The van der Waals surface area contributed by atoms with Crippen LogP contribution in [-0.4, -0.2) is 18.7 Å². The molecule has 0 aromatic heterocycles. The number of alkyl halides is 6. The van der Waals surface area contributed by atoms with E-state index in [0.29, 0.717) is 12.1 Å². The standard InChI is InChI=1S/C11H9F6NO2/c1-2-20-8-4-3-6(10(12,13)14)5-7(8)18-9(19)11(15,16)17/h3-5H,2H2,1H3,(H,18,19). The number of rotatable bonds is 3. The third-order valence-electron chi connectivity index (χ3n) is 2.11. The van der Waals surface area contributed by atoms with Gasteiger partial charge in [-0.1, -0.05) is 0 Å². The van der Waals surface area contributed by atoms with Crippen molar-refractivity contribution in [2.45, 2.75) is 19.3 Å². The molecule has 0 saturated carbocycles. The van der Waals surface area contributed by atoms with Gasteiger partial charge in [0, 0.05) is 0 Å². The zero-order valence-electron chi connectivity index (χ0n) is 10.0. The second-order valence-corrected chi connectivity index (χ2v) is 3.59. The quantitative estimate of drug-likeness (QED) is 0.866. The number of amides is 1. The molecular weight excluding hydrogens is 292 g/mol. The van der Waals surface area contributed by atoms with Crippen molar-refractivity contribution in [3.63, 3.8) is 0 Å². The average molecular weight is 301 g/mol. The van der Waals surface area contributed by atoms with E-state index in [0.717, 1.165) is 6.07 Å². The fourth-order valence-corrected chi connectivity index (χ4v) is 1.28. The molecule has 112 valence electrons. The zero-order chi connectivity index (χ0) is 15.6. The Bertz CT molecular complexity index is 495. The molecule has 0 aliphatic heterocycles. The summed E-state index contributed by atoms with van der Waals surface area (Å²) in [7, 11) is 0. The van der Waals surface area contributed by atoms with E-state index in [1.807, 2.05) is 0 Å². The molecule has 1 rings (SSSR count). The summed E-state index contributed by atoms with van der Waals surface area (Å²) in [4.78, 5) is 10.8. The van der Waals surface area contributed by atoms with Crippen molar-refractivity contribution in [2.75, 3.05) is 11.9 Å². The summed E-state index contributed by atoms with van der Waals surface area (Å²) < 4.78 is 78.6. The highest BCUT2D eigenvalue weighted by Gasteiger charge is 2.39. The highest BCUT2D eigenvalue weighted by molar-refractivity contribution is 5.96. The predicted molar refractivity (Wildman–Crippen MR) is 57.3 cm³/mol. The summed E-state index contributed by atoms with van der Waals surface area (Å²) in [6, 6.07) is 1.88. The first kappa shape index (κ1) is 16.1. The van der Waals surface area contributed by atoms with Crippen LogP contribution in [0.15, 0.2) is 18.2 Å². The Hall–Kier alpha value is -1.93. The molecule has 0 heterocycles. The first-order valence-electron chi connectivity index (χ1n) is 5.28. The van der Waals surface area contributed by atoms with Gasteiger partial charge >= 0.3 is 18.3 Å². The minimum atomic E-state index is -5.21. The normalized spacial score (nSPS) is 12.2. The fraction of sp³-hybridized carbons (Fsp3) is 0.364. The molecular formula is C11H9F6NO2. The van der Waals surface area contributed by atoms with E-state index in [4.69, 9.17) is 4.74 Å². The van der Waals surface area contributed by atoms with Crippen LogP contribution in [0.3, 0.4) is 0 Å². The number of ether oxygens (including phenoxy) is 1. The van der Waals surface area contributed by atoms with Crippen LogP contribution in [0.5, 0.6) is 5.75 Å². The summed E-state index contributed by atoms with van der Waals surface area (Å²) in [6.07, 6.45) is -9.96. The largest absolute Gasteiger partial charge is 0.492 e. The van der Waals surface area contributed by atoms with Gasteiger partial charge in [0.15, 0.2) is 0 Å². The Balaban J connectivity index is 3.16. The summed E-state index contributed by atoms with van der Waals surface area (Å²) in [6.45, 7) is 1.51. The number of carbonyl (C=O) groups is 1. The Morgan fingerprint density at radius 3 is 2.25 bits per heavy atom. The van der Waals surface area contributed by atoms with Crippen molar-refractivity contribution >= 4 is 11.6 Å². The van der Waals surface area contributed by atoms with Gasteiger partial charge in [-0.15, -0.1) is 0 Å². The molecule has 9 heteroatoms. The van der Waals surface area contributed by atoms with E-state index >= 15 is 0 Å². The molecule has 3 nitrogen and oxygen atoms in total. The molecule has 1 N–H and O–H groups in total. The minimum Gasteiger partial charge on any atom is -0.492 e. The molecule has 0 saturated heterocycles. The maximum atomic E-state index is 12.5. The molecule has 1 amide bonds. The van der Waals surface area contributed by atoms with Crippen molar-refractivity contribution < 1.29 is 35.9 Å². The number of benzene rings is 1. The van der Waals surface area contributed by atoms with Crippen LogP contribution >= 0.6 is 0 Å². The minimum absolute atomic E-state index is 0.0141. The van der Waals surface area contributed by atoms with Crippen molar-refractivity contribution in [1.82, 2.24) is 0 Å². The van der Waals surface area contributed by atoms with Gasteiger partial charge in [-0.3, -0.25) is 4.79 Å². The SMILES string of the molecule is CCOc1ccc(C(F)(F)F)cc1NC(=O)C(F)(F)F. The van der Waals surface area contributed by atoms with Gasteiger partial charge in [-0.25, -0.2) is 0 Å². The summed E-state index contributed by atoms with van der Waals surface area (Å²) in [5.74, 6) is -2.66. The molecule has 0 fully saturated rings. The monoisotopic (exact) mass is 301 g/mol. The molecule has 1 aromatic rings. The molecule has 0 atom stereocenters. The average Bonchev–Trinajstić information content (AvgIpc) is 2.28. The van der Waals surface area contributed by atoms with Crippen LogP contribution in [0.25, 0.3) is 0 Å². The number of hydrogen-bond donors (Lipinski definition) is 1. The first-order valence-corrected chi connectivity index (χ1v) is 5.28. The number of nitrogens with one attached hydrogen (secondary N) is 1. The highest BCUT2D eigenvalue weighted by Crippen LogP contribution is 2.35. The van der Waals surface area contributed by atoms with Crippen LogP contribution in [-0.2, 0) is 11.0 Å². The molecule has 0 unspecified atom stereocenters. The lowest BCUT2D eigenvalue weighted by molar-refractivity contribution is -0.167. The van der Waals surface area contributed by atoms with Crippen LogP contribution in [0, 0.1) is 0 Å². The van der Waals surface area contributed by atoms with Crippen molar-refractivity contribution in [1.29, 1.82) is 0 Å². The van der Waals surface area contributed by atoms with Crippen LogP contribution < -0.4 is 10.1 Å². The Kier molecular flexibility index (Phi) is 4.51. The van der Waals surface area contributed by atoms with E-state index < -0.39 is 29.5 Å². The second kappa shape index (κ2) is 5.59. The number of anilines is 1. The van der Waals surface area contributed by atoms with Crippen LogP contribution in [0.1, 0.15) is 12.5 Å². The molecule has 0 spiro atoms. The summed E-state index contributed by atoms with van der Waals surface area (Å²) in [5, 5.41) is 1.36. The van der Waals surface area contributed by atoms with E-state index in [9.17, 15) is 31.1 Å². The Labute approximate surface area is 109 Å². The van der Waals surface area contributed by atoms with Gasteiger partial charge in [0.05, 0.1) is 17.9 Å². The van der Waals surface area contributed by atoms with Gasteiger partial charge < -0.3 is 10.1 Å². The van der Waals surface area contributed by atoms with Gasteiger partial charge in [0.25, 0.3) is 0 Å². The van der Waals surface area contributed by atoms with E-state index in [1.54, 1.807) is 0 Å². The zero-order valence-corrected chi connectivity index (χ0v) is 10.0. The van der Waals surface area contributed by atoms with Gasteiger partial charge in [0.2, 0.25) is 0 Å². The molecule has 1 aromatic carbocycles. The Morgan fingerprint density at radius 1 is 1.20 bits per heavy atom. The smallest absolute Gasteiger partial charge is 0.471 e. The van der Waals surface area contributed by atoms with Gasteiger partial charge in [-0.2, -0.15) is 26.3 Å². The van der Waals surface area contributed by atoms with Crippen molar-refractivity contribution in [3.8, 4) is 5.75 Å². The number of halogens is 6. The van der Waals surface area contributed by atoms with E-state index in [1.165, 1.54) is 12.2 Å². The van der Waals surface area contributed by atoms with E-state index in [2.05, 4.69) is 0 Å². The lowest BCUT2D eigenvalue weighted by atomic mass is 10.1. The predicted octanol–water partition coefficient (Wildman–Crippen LogP) is 3.60. The molecule has 20 heavy (non-hydrogen) atoms. The molecule has 0 radical (unpaired) electrons. The molecule has 0 bridgehead atoms. The summed E-state index contributed by atoms with van der Waals surface area (Å²) >= 11 is 0. The maximum Gasteiger partial charge on any atom is 0.471 e. The van der Waals surface area contributed by atoms with Crippen LogP contribution in [0.4, 0.5) is 32.0 Å². The second-order valence-electron chi connectivity index (χ2n) is 3.59. The lowest BCUT2D eigenvalue weighted by Gasteiger charge is -2.15. The van der Waals surface area contributed by atoms with Crippen molar-refractivity contribution in [2.24, 2.45) is 0 Å². The van der Waals surface area contributed by atoms with Crippen LogP contribution in [0.2, 0.25) is 0 Å². The Morgan fingerprint density at radius 2 is 1.80 bits per heavy atom. The maximum absolute atomic E-state index is 12.5. The number of carbonyl (C=O) groups excluding carboxylic acids is 1. The van der Waals surface area contributed by atoms with Gasteiger partial charge in [-0.05, 0) is 25.1 Å². The third-order valence-corrected chi connectivity index (χ3v) is 2.11. The fourth-order valence-electron chi connectivity index (χ4n) is 1.28. The van der Waals surface area contributed by atoms with Gasteiger partial charge in [0.1, 0.15) is 5.75 Å². The third kappa shape index (κ3) is 4.04. The molecule has 0 aliphatic carbocycles.